The van der Waals surface area contributed by atoms with Crippen LogP contribution in [0, 0.1) is 11.8 Å². The molecule has 140 valence electrons. The highest BCUT2D eigenvalue weighted by atomic mass is 16.5. The van der Waals surface area contributed by atoms with Crippen molar-refractivity contribution < 1.29 is 9.47 Å². The molecule has 0 aromatic carbocycles. The second-order valence-electron chi connectivity index (χ2n) is 7.12. The molecule has 2 N–H and O–H groups in total. The Bertz CT molecular complexity index is 353. The first-order valence-corrected chi connectivity index (χ1v) is 9.97. The zero-order chi connectivity index (χ0) is 17.0. The molecule has 2 rings (SSSR count). The third kappa shape index (κ3) is 7.84. The maximum atomic E-state index is 5.97. The molecule has 0 aromatic rings. The van der Waals surface area contributed by atoms with Gasteiger partial charge in [-0.05, 0) is 57.3 Å². The van der Waals surface area contributed by atoms with Crippen molar-refractivity contribution in [3.63, 3.8) is 0 Å². The van der Waals surface area contributed by atoms with E-state index in [1.54, 1.807) is 0 Å². The number of aliphatic imine (C=N–C) groups is 1. The average Bonchev–Trinajstić information content (AvgIpc) is 3.26. The molecule has 0 aliphatic heterocycles. The van der Waals surface area contributed by atoms with Crippen molar-refractivity contribution in [3.8, 4) is 0 Å². The average molecular weight is 340 g/mol. The Labute approximate surface area is 148 Å². The summed E-state index contributed by atoms with van der Waals surface area (Å²) in [6.45, 7) is 6.53. The smallest absolute Gasteiger partial charge is 0.190 e. The summed E-state index contributed by atoms with van der Waals surface area (Å²) in [5.74, 6) is 2.50. The van der Waals surface area contributed by atoms with E-state index in [1.807, 2.05) is 7.05 Å². The highest BCUT2D eigenvalue weighted by Crippen LogP contribution is 2.30. The van der Waals surface area contributed by atoms with Gasteiger partial charge in [-0.15, -0.1) is 0 Å². The van der Waals surface area contributed by atoms with E-state index in [0.717, 1.165) is 63.5 Å². The van der Waals surface area contributed by atoms with E-state index in [2.05, 4.69) is 22.5 Å². The van der Waals surface area contributed by atoms with Crippen molar-refractivity contribution in [3.05, 3.63) is 0 Å². The largest absolute Gasteiger partial charge is 0.381 e. The topological polar surface area (TPSA) is 54.9 Å². The summed E-state index contributed by atoms with van der Waals surface area (Å²) in [5.41, 5.74) is 0. The van der Waals surface area contributed by atoms with Gasteiger partial charge in [-0.25, -0.2) is 0 Å². The van der Waals surface area contributed by atoms with Crippen LogP contribution < -0.4 is 10.6 Å². The van der Waals surface area contributed by atoms with Crippen LogP contribution in [0.15, 0.2) is 4.99 Å². The minimum atomic E-state index is 0.402. The summed E-state index contributed by atoms with van der Waals surface area (Å²) >= 11 is 0. The second-order valence-corrected chi connectivity index (χ2v) is 7.12. The maximum absolute atomic E-state index is 5.97. The van der Waals surface area contributed by atoms with Crippen LogP contribution in [0.5, 0.6) is 0 Å². The Hall–Kier alpha value is -0.810. The van der Waals surface area contributed by atoms with Crippen LogP contribution in [0.25, 0.3) is 0 Å². The number of rotatable bonds is 12. The Balaban J connectivity index is 1.52. The Morgan fingerprint density at radius 2 is 1.88 bits per heavy atom. The quantitative estimate of drug-likeness (QED) is 0.326. The van der Waals surface area contributed by atoms with E-state index in [1.165, 1.54) is 38.5 Å². The van der Waals surface area contributed by atoms with Gasteiger partial charge in [-0.2, -0.15) is 0 Å². The van der Waals surface area contributed by atoms with Crippen molar-refractivity contribution in [2.24, 2.45) is 16.8 Å². The minimum Gasteiger partial charge on any atom is -0.381 e. The number of nitrogens with one attached hydrogen (secondary N) is 2. The molecule has 1 unspecified atom stereocenters. The van der Waals surface area contributed by atoms with Crippen LogP contribution in [-0.4, -0.2) is 52.0 Å². The molecule has 0 amide bonds. The molecule has 5 heteroatoms. The summed E-state index contributed by atoms with van der Waals surface area (Å²) in [5, 5.41) is 6.79. The van der Waals surface area contributed by atoms with Gasteiger partial charge in [-0.1, -0.05) is 12.8 Å². The normalized spacial score (nSPS) is 20.3. The third-order valence-corrected chi connectivity index (χ3v) is 5.06. The maximum Gasteiger partial charge on any atom is 0.190 e. The van der Waals surface area contributed by atoms with Gasteiger partial charge in [-0.3, -0.25) is 4.99 Å². The van der Waals surface area contributed by atoms with E-state index < -0.39 is 0 Å². The van der Waals surface area contributed by atoms with Gasteiger partial charge in [0.15, 0.2) is 5.96 Å². The molecule has 0 aromatic heterocycles. The SMILES string of the molecule is CCOC(CCNC(=NC)NCCCOCC1CC1)C1CCCC1. The lowest BCUT2D eigenvalue weighted by Gasteiger charge is -2.24. The summed E-state index contributed by atoms with van der Waals surface area (Å²) < 4.78 is 11.6. The number of hydrogen-bond donors (Lipinski definition) is 2. The molecule has 2 aliphatic rings. The van der Waals surface area contributed by atoms with Crippen LogP contribution >= 0.6 is 0 Å². The number of guanidine groups is 1. The van der Waals surface area contributed by atoms with E-state index in [9.17, 15) is 0 Å². The minimum absolute atomic E-state index is 0.402. The molecule has 24 heavy (non-hydrogen) atoms. The van der Waals surface area contributed by atoms with Gasteiger partial charge in [0, 0.05) is 40.0 Å². The van der Waals surface area contributed by atoms with Gasteiger partial charge in [0.2, 0.25) is 0 Å². The fraction of sp³-hybridized carbons (Fsp3) is 0.947. The Kier molecular flexibility index (Phi) is 9.51. The number of nitrogens with zero attached hydrogens (tertiary/aromatic N) is 1. The van der Waals surface area contributed by atoms with Crippen molar-refractivity contribution >= 4 is 5.96 Å². The standard InChI is InChI=1S/C19H37N3O2/c1-3-24-18(17-7-4-5-8-17)11-13-22-19(20-2)21-12-6-14-23-15-16-9-10-16/h16-18H,3-15H2,1-2H3,(H2,20,21,22). The molecular formula is C19H37N3O2. The summed E-state index contributed by atoms with van der Waals surface area (Å²) in [4.78, 5) is 4.30. The molecule has 2 saturated carbocycles. The molecular weight excluding hydrogens is 302 g/mol. The highest BCUT2D eigenvalue weighted by molar-refractivity contribution is 5.79. The molecule has 2 fully saturated rings. The summed E-state index contributed by atoms with van der Waals surface area (Å²) in [7, 11) is 1.83. The molecule has 0 spiro atoms. The zero-order valence-electron chi connectivity index (χ0n) is 15.7. The first-order valence-electron chi connectivity index (χ1n) is 9.97. The van der Waals surface area contributed by atoms with E-state index >= 15 is 0 Å². The van der Waals surface area contributed by atoms with Crippen molar-refractivity contribution in [1.29, 1.82) is 0 Å². The lowest BCUT2D eigenvalue weighted by atomic mass is 9.98. The van der Waals surface area contributed by atoms with Gasteiger partial charge >= 0.3 is 0 Å². The monoisotopic (exact) mass is 339 g/mol. The Morgan fingerprint density at radius 1 is 1.12 bits per heavy atom. The van der Waals surface area contributed by atoms with Crippen molar-refractivity contribution in [2.75, 3.05) is 40.0 Å². The fourth-order valence-electron chi connectivity index (χ4n) is 3.47. The van der Waals surface area contributed by atoms with Gasteiger partial charge < -0.3 is 20.1 Å². The van der Waals surface area contributed by atoms with Crippen LogP contribution in [0.4, 0.5) is 0 Å². The summed E-state index contributed by atoms with van der Waals surface area (Å²) in [6.07, 6.45) is 10.6. The molecule has 0 radical (unpaired) electrons. The molecule has 0 heterocycles. The zero-order valence-corrected chi connectivity index (χ0v) is 15.7. The van der Waals surface area contributed by atoms with E-state index in [-0.39, 0.29) is 0 Å². The molecule has 5 nitrogen and oxygen atoms in total. The van der Waals surface area contributed by atoms with E-state index in [0.29, 0.717) is 6.10 Å². The number of ether oxygens (including phenoxy) is 2. The van der Waals surface area contributed by atoms with Crippen molar-refractivity contribution in [2.45, 2.75) is 64.4 Å². The van der Waals surface area contributed by atoms with Crippen LogP contribution in [-0.2, 0) is 9.47 Å². The predicted octanol–water partition coefficient (Wildman–Crippen LogP) is 2.95. The molecule has 2 aliphatic carbocycles. The van der Waals surface area contributed by atoms with E-state index in [4.69, 9.17) is 9.47 Å². The third-order valence-electron chi connectivity index (χ3n) is 5.06. The van der Waals surface area contributed by atoms with Crippen LogP contribution in [0.2, 0.25) is 0 Å². The van der Waals surface area contributed by atoms with Crippen LogP contribution in [0.1, 0.15) is 58.3 Å². The number of hydrogen-bond acceptors (Lipinski definition) is 3. The van der Waals surface area contributed by atoms with Gasteiger partial charge in [0.25, 0.3) is 0 Å². The molecule has 0 bridgehead atoms. The fourth-order valence-corrected chi connectivity index (χ4v) is 3.47. The first kappa shape index (κ1) is 19.5. The van der Waals surface area contributed by atoms with Crippen LogP contribution in [0.3, 0.4) is 0 Å². The second kappa shape index (κ2) is 11.7. The summed E-state index contributed by atoms with van der Waals surface area (Å²) in [6, 6.07) is 0. The highest BCUT2D eigenvalue weighted by Gasteiger charge is 2.25. The first-order chi connectivity index (χ1) is 11.8. The molecule has 1 atom stereocenters. The Morgan fingerprint density at radius 3 is 2.54 bits per heavy atom. The lowest BCUT2D eigenvalue weighted by molar-refractivity contribution is 0.0169. The van der Waals surface area contributed by atoms with Crippen molar-refractivity contribution in [1.82, 2.24) is 10.6 Å². The predicted molar refractivity (Wildman–Crippen MR) is 99.5 cm³/mol. The lowest BCUT2D eigenvalue weighted by Crippen LogP contribution is -2.40. The van der Waals surface area contributed by atoms with Gasteiger partial charge in [0.1, 0.15) is 0 Å². The van der Waals surface area contributed by atoms with Gasteiger partial charge in [0.05, 0.1) is 6.10 Å². The molecule has 0 saturated heterocycles.